The van der Waals surface area contributed by atoms with Crippen molar-refractivity contribution in [2.24, 2.45) is 5.73 Å². The van der Waals surface area contributed by atoms with Gasteiger partial charge in [0.2, 0.25) is 5.91 Å². The summed E-state index contributed by atoms with van der Waals surface area (Å²) in [6.07, 6.45) is 9.66. The SMILES string of the molecule is CC(C)(C)OC(=O)CC[C@H](NC(=O)N[C@@H](CCCCNC(=O)CCCCCN(Cc1ccc(OCc2cn(CCCN)nn2)cc1)Cc1nccn1CC(=O)OC(C)(C)C)C(=O)OC(C)(C)C)C(=O)OC(C)(C)C. The highest BCUT2D eigenvalue weighted by molar-refractivity contribution is 5.87. The second-order valence-corrected chi connectivity index (χ2v) is 22.4. The third-order valence-electron chi connectivity index (χ3n) is 10.5. The molecule has 2 atom stereocenters. The molecule has 0 unspecified atom stereocenters. The van der Waals surface area contributed by atoms with Gasteiger partial charge in [-0.3, -0.25) is 24.0 Å². The van der Waals surface area contributed by atoms with Gasteiger partial charge < -0.3 is 49.9 Å². The Hall–Kier alpha value is -6.09. The Labute approximate surface area is 438 Å². The lowest BCUT2D eigenvalue weighted by molar-refractivity contribution is -0.159. The predicted octanol–water partition coefficient (Wildman–Crippen LogP) is 6.43. The Bertz CT molecular complexity index is 2220. The molecular weight excluding hydrogens is 953 g/mol. The van der Waals surface area contributed by atoms with Crippen LogP contribution in [0, 0.1) is 0 Å². The second-order valence-electron chi connectivity index (χ2n) is 22.4. The van der Waals surface area contributed by atoms with Gasteiger partial charge in [0.25, 0.3) is 0 Å². The quantitative estimate of drug-likeness (QED) is 0.0318. The van der Waals surface area contributed by atoms with E-state index in [1.165, 1.54) is 0 Å². The summed E-state index contributed by atoms with van der Waals surface area (Å²) in [5.41, 5.74) is 4.35. The fraction of sp³-hybridized carbons (Fsp3) is 0.679. The molecule has 0 aliphatic heterocycles. The van der Waals surface area contributed by atoms with Crippen molar-refractivity contribution in [2.45, 2.75) is 215 Å². The first-order chi connectivity index (χ1) is 34.6. The van der Waals surface area contributed by atoms with Gasteiger partial charge in [0.1, 0.15) is 64.9 Å². The summed E-state index contributed by atoms with van der Waals surface area (Å²) in [4.78, 5) is 84.7. The number of urea groups is 1. The lowest BCUT2D eigenvalue weighted by Crippen LogP contribution is -2.53. The number of amides is 3. The first-order valence-electron chi connectivity index (χ1n) is 25.8. The molecule has 2 aromatic heterocycles. The Morgan fingerprint density at radius 1 is 0.689 bits per heavy atom. The first kappa shape index (κ1) is 62.2. The number of nitrogens with one attached hydrogen (secondary N) is 3. The van der Waals surface area contributed by atoms with Crippen LogP contribution in [0.5, 0.6) is 5.75 Å². The van der Waals surface area contributed by atoms with Crippen LogP contribution in [0.4, 0.5) is 4.79 Å². The molecule has 21 heteroatoms. The molecule has 0 saturated heterocycles. The molecule has 21 nitrogen and oxygen atoms in total. The van der Waals surface area contributed by atoms with Gasteiger partial charge in [-0.2, -0.15) is 0 Å². The highest BCUT2D eigenvalue weighted by Gasteiger charge is 2.31. The normalized spacial score (nSPS) is 12.9. The lowest BCUT2D eigenvalue weighted by Gasteiger charge is -2.27. The van der Waals surface area contributed by atoms with Gasteiger partial charge in [-0.1, -0.05) is 23.8 Å². The Morgan fingerprint density at radius 3 is 1.91 bits per heavy atom. The van der Waals surface area contributed by atoms with Gasteiger partial charge in [0, 0.05) is 44.9 Å². The zero-order valence-electron chi connectivity index (χ0n) is 46.2. The maximum Gasteiger partial charge on any atom is 0.329 e. The number of ether oxygens (including phenoxy) is 5. The third kappa shape index (κ3) is 27.3. The highest BCUT2D eigenvalue weighted by Crippen LogP contribution is 2.19. The van der Waals surface area contributed by atoms with E-state index >= 15 is 0 Å². The molecule has 0 radical (unpaired) electrons. The molecule has 3 aromatic rings. The molecule has 0 bridgehead atoms. The minimum atomic E-state index is -1.20. The van der Waals surface area contributed by atoms with Crippen LogP contribution in [0.1, 0.15) is 164 Å². The van der Waals surface area contributed by atoms with E-state index in [9.17, 15) is 28.8 Å². The van der Waals surface area contributed by atoms with E-state index in [-0.39, 0.29) is 44.3 Å². The summed E-state index contributed by atoms with van der Waals surface area (Å²) < 4.78 is 31.6. The zero-order chi connectivity index (χ0) is 55.1. The van der Waals surface area contributed by atoms with Crippen LogP contribution in [0.15, 0.2) is 42.9 Å². The molecule has 0 fully saturated rings. The smallest absolute Gasteiger partial charge is 0.329 e. The van der Waals surface area contributed by atoms with E-state index in [4.69, 9.17) is 29.4 Å². The largest absolute Gasteiger partial charge is 0.487 e. The lowest BCUT2D eigenvalue weighted by atomic mass is 10.1. The average molecular weight is 1040 g/mol. The van der Waals surface area contributed by atoms with E-state index in [1.54, 1.807) is 79.4 Å². The Balaban J connectivity index is 1.53. The minimum absolute atomic E-state index is 0.0401. The molecule has 414 valence electrons. The number of esters is 4. The van der Waals surface area contributed by atoms with Gasteiger partial charge in [-0.15, -0.1) is 5.10 Å². The van der Waals surface area contributed by atoms with Gasteiger partial charge in [-0.25, -0.2) is 19.4 Å². The fourth-order valence-electron chi connectivity index (χ4n) is 7.28. The maximum atomic E-state index is 13.3. The van der Waals surface area contributed by atoms with Crippen molar-refractivity contribution >= 4 is 35.8 Å². The molecule has 0 saturated carbocycles. The van der Waals surface area contributed by atoms with Crippen molar-refractivity contribution in [3.8, 4) is 5.75 Å². The van der Waals surface area contributed by atoms with Crippen molar-refractivity contribution in [1.82, 2.24) is 45.4 Å². The van der Waals surface area contributed by atoms with Crippen LogP contribution in [0.2, 0.25) is 0 Å². The second kappa shape index (κ2) is 29.7. The molecule has 1 aromatic carbocycles. The maximum absolute atomic E-state index is 13.3. The monoisotopic (exact) mass is 1040 g/mol. The minimum Gasteiger partial charge on any atom is -0.487 e. The number of imidazole rings is 1. The fourth-order valence-corrected chi connectivity index (χ4v) is 7.28. The van der Waals surface area contributed by atoms with E-state index < -0.39 is 58.4 Å². The highest BCUT2D eigenvalue weighted by atomic mass is 16.6. The van der Waals surface area contributed by atoms with Crippen LogP contribution < -0.4 is 26.4 Å². The molecule has 74 heavy (non-hydrogen) atoms. The first-order valence-corrected chi connectivity index (χ1v) is 25.8. The van der Waals surface area contributed by atoms with Crippen LogP contribution in [-0.4, -0.2) is 119 Å². The van der Waals surface area contributed by atoms with E-state index in [1.807, 2.05) is 55.8 Å². The Morgan fingerprint density at radius 2 is 1.30 bits per heavy atom. The number of aromatic nitrogens is 5. The van der Waals surface area contributed by atoms with Crippen molar-refractivity contribution in [3.63, 3.8) is 0 Å². The standard InChI is InChI=1S/C53H86N10O11/c1-50(2,3)71-45(65)26-25-42(48(68)74-53(10,11)12)58-49(69)57-41(47(67)73-52(7,8)9)19-15-16-28-56-44(64)20-14-13-17-30-61(35-43-55-29-32-62(43)36-46(66)72-51(4,5)6)33-38-21-23-40(24-22-38)70-37-39-34-63(60-59-39)31-18-27-54/h21-24,29,32,34,41-42H,13-20,25-28,30-31,33,35-37,54H2,1-12H3,(H,56,64)(H2,57,58,69)/t41-,42-/m0/s1. The van der Waals surface area contributed by atoms with E-state index in [0.717, 1.165) is 36.3 Å². The molecule has 0 spiro atoms. The number of nitrogens with zero attached hydrogens (tertiary/aromatic N) is 6. The van der Waals surface area contributed by atoms with Crippen molar-refractivity contribution in [1.29, 1.82) is 0 Å². The number of hydrogen-bond acceptors (Lipinski definition) is 16. The number of aryl methyl sites for hydroxylation is 1. The van der Waals surface area contributed by atoms with Crippen LogP contribution in [-0.2, 0) is 75.7 Å². The van der Waals surface area contributed by atoms with Gasteiger partial charge in [0.05, 0.1) is 12.7 Å². The van der Waals surface area contributed by atoms with Crippen molar-refractivity contribution < 1.29 is 52.5 Å². The number of carbonyl (C=O) groups excluding carboxylic acids is 6. The summed E-state index contributed by atoms with van der Waals surface area (Å²) in [7, 11) is 0. The summed E-state index contributed by atoms with van der Waals surface area (Å²) in [6, 6.07) is 4.81. The van der Waals surface area contributed by atoms with Gasteiger partial charge in [0.15, 0.2) is 0 Å². The topological polar surface area (TPSA) is 262 Å². The average Bonchev–Trinajstić information content (AvgIpc) is 3.92. The van der Waals surface area contributed by atoms with Gasteiger partial charge >= 0.3 is 29.9 Å². The summed E-state index contributed by atoms with van der Waals surface area (Å²) >= 11 is 0. The third-order valence-corrected chi connectivity index (χ3v) is 10.5. The van der Waals surface area contributed by atoms with E-state index in [2.05, 4.69) is 36.1 Å². The molecule has 3 amide bonds. The number of nitrogens with two attached hydrogens (primary N) is 1. The number of carbonyl (C=O) groups is 6. The molecule has 2 heterocycles. The summed E-state index contributed by atoms with van der Waals surface area (Å²) in [5, 5.41) is 16.5. The summed E-state index contributed by atoms with van der Waals surface area (Å²) in [6.45, 7) is 24.7. The molecule has 3 rings (SSSR count). The number of rotatable bonds is 30. The van der Waals surface area contributed by atoms with Crippen molar-refractivity contribution in [3.05, 3.63) is 59.9 Å². The zero-order valence-corrected chi connectivity index (χ0v) is 46.2. The summed E-state index contributed by atoms with van der Waals surface area (Å²) in [5.74, 6) is -0.943. The molecular formula is C53H86N10O11. The van der Waals surface area contributed by atoms with Crippen molar-refractivity contribution in [2.75, 3.05) is 19.6 Å². The number of hydrogen-bond donors (Lipinski definition) is 4. The molecule has 0 aliphatic rings. The Kier molecular flexibility index (Phi) is 25.0. The van der Waals surface area contributed by atoms with Crippen LogP contribution >= 0.6 is 0 Å². The number of benzene rings is 1. The van der Waals surface area contributed by atoms with Crippen LogP contribution in [0.3, 0.4) is 0 Å². The van der Waals surface area contributed by atoms with E-state index in [0.29, 0.717) is 70.7 Å². The predicted molar refractivity (Wildman–Crippen MR) is 278 cm³/mol. The molecule has 0 aliphatic carbocycles. The number of unbranched alkanes of at least 4 members (excludes halogenated alkanes) is 3. The molecule has 5 N–H and O–H groups in total. The van der Waals surface area contributed by atoms with Gasteiger partial charge in [-0.05, 0) is 159 Å². The van der Waals surface area contributed by atoms with Crippen LogP contribution in [0.25, 0.3) is 0 Å².